The number of aryl methyl sites for hydroxylation is 1. The third-order valence-corrected chi connectivity index (χ3v) is 6.16. The standard InChI is InChI=1S/C20H25NO3S2/c1-4-24-20(23)18-14(2)15(3)26-19(18)21-17(22)11-8-12-25-13-16-9-6-5-7-10-16/h5-7,9-10H,4,8,11-13H2,1-3H3,(H,21,22). The van der Waals surface area contributed by atoms with Gasteiger partial charge in [-0.05, 0) is 44.1 Å². The summed E-state index contributed by atoms with van der Waals surface area (Å²) in [6.07, 6.45) is 1.25. The maximum atomic E-state index is 12.2. The van der Waals surface area contributed by atoms with Crippen LogP contribution in [-0.4, -0.2) is 24.2 Å². The van der Waals surface area contributed by atoms with Crippen LogP contribution in [0.1, 0.15) is 46.1 Å². The van der Waals surface area contributed by atoms with Gasteiger partial charge in [0.15, 0.2) is 0 Å². The number of esters is 1. The highest BCUT2D eigenvalue weighted by Crippen LogP contribution is 2.33. The van der Waals surface area contributed by atoms with E-state index in [0.717, 1.165) is 28.4 Å². The van der Waals surface area contributed by atoms with Crippen molar-refractivity contribution < 1.29 is 14.3 Å². The molecule has 0 bridgehead atoms. The monoisotopic (exact) mass is 391 g/mol. The summed E-state index contributed by atoms with van der Waals surface area (Å²) in [6, 6.07) is 10.3. The zero-order chi connectivity index (χ0) is 18.9. The average Bonchev–Trinajstić information content (AvgIpc) is 2.89. The fourth-order valence-corrected chi connectivity index (χ4v) is 4.44. The van der Waals surface area contributed by atoms with Gasteiger partial charge in [-0.1, -0.05) is 30.3 Å². The van der Waals surface area contributed by atoms with E-state index in [1.165, 1.54) is 16.9 Å². The lowest BCUT2D eigenvalue weighted by Crippen LogP contribution is -2.14. The molecule has 140 valence electrons. The Balaban J connectivity index is 1.80. The molecule has 1 aromatic carbocycles. The quantitative estimate of drug-likeness (QED) is 0.472. The van der Waals surface area contributed by atoms with Gasteiger partial charge in [-0.2, -0.15) is 11.8 Å². The summed E-state index contributed by atoms with van der Waals surface area (Å²) >= 11 is 3.25. The highest BCUT2D eigenvalue weighted by molar-refractivity contribution is 7.98. The minimum absolute atomic E-state index is 0.0582. The van der Waals surface area contributed by atoms with Gasteiger partial charge in [0.1, 0.15) is 5.00 Å². The molecule has 1 amide bonds. The van der Waals surface area contributed by atoms with E-state index in [9.17, 15) is 9.59 Å². The second kappa shape index (κ2) is 10.4. The molecule has 0 spiro atoms. The summed E-state index contributed by atoms with van der Waals surface area (Å²) in [5.41, 5.74) is 2.66. The molecule has 2 aromatic rings. The number of hydrogen-bond acceptors (Lipinski definition) is 5. The van der Waals surface area contributed by atoms with Gasteiger partial charge in [-0.3, -0.25) is 4.79 Å². The molecule has 0 fully saturated rings. The lowest BCUT2D eigenvalue weighted by atomic mass is 10.1. The van der Waals surface area contributed by atoms with Gasteiger partial charge in [0.05, 0.1) is 12.2 Å². The number of ether oxygens (including phenoxy) is 1. The normalized spacial score (nSPS) is 10.6. The number of rotatable bonds is 9. The van der Waals surface area contributed by atoms with Crippen LogP contribution in [0.3, 0.4) is 0 Å². The van der Waals surface area contributed by atoms with Gasteiger partial charge >= 0.3 is 5.97 Å². The minimum Gasteiger partial charge on any atom is -0.462 e. The van der Waals surface area contributed by atoms with E-state index < -0.39 is 0 Å². The van der Waals surface area contributed by atoms with E-state index in [2.05, 4.69) is 17.4 Å². The first-order chi connectivity index (χ1) is 12.5. The lowest BCUT2D eigenvalue weighted by Gasteiger charge is -2.07. The van der Waals surface area contributed by atoms with Crippen LogP contribution in [-0.2, 0) is 15.3 Å². The number of benzene rings is 1. The number of anilines is 1. The van der Waals surface area contributed by atoms with Crippen LogP contribution in [0.5, 0.6) is 0 Å². The Hall–Kier alpha value is -1.79. The third kappa shape index (κ3) is 5.88. The van der Waals surface area contributed by atoms with Gasteiger partial charge in [-0.25, -0.2) is 4.79 Å². The zero-order valence-corrected chi connectivity index (χ0v) is 17.1. The Morgan fingerprint density at radius 2 is 1.92 bits per heavy atom. The first-order valence-electron chi connectivity index (χ1n) is 8.71. The highest BCUT2D eigenvalue weighted by Gasteiger charge is 2.21. The molecule has 0 aliphatic carbocycles. The Labute approximate surface area is 163 Å². The molecule has 0 atom stereocenters. The van der Waals surface area contributed by atoms with Crippen molar-refractivity contribution in [3.63, 3.8) is 0 Å². The summed E-state index contributed by atoms with van der Waals surface area (Å²) in [5, 5.41) is 3.49. The van der Waals surface area contributed by atoms with Crippen molar-refractivity contribution >= 4 is 40.0 Å². The SMILES string of the molecule is CCOC(=O)c1c(NC(=O)CCCSCc2ccccc2)sc(C)c1C. The topological polar surface area (TPSA) is 55.4 Å². The Kier molecular flexibility index (Phi) is 8.19. The molecule has 0 radical (unpaired) electrons. The molecule has 2 rings (SSSR count). The predicted molar refractivity (Wildman–Crippen MR) is 110 cm³/mol. The zero-order valence-electron chi connectivity index (χ0n) is 15.5. The van der Waals surface area contributed by atoms with Crippen LogP contribution < -0.4 is 5.32 Å². The number of nitrogens with one attached hydrogen (secondary N) is 1. The summed E-state index contributed by atoms with van der Waals surface area (Å²) in [4.78, 5) is 25.4. The van der Waals surface area contributed by atoms with E-state index in [1.807, 2.05) is 43.8 Å². The van der Waals surface area contributed by atoms with E-state index in [4.69, 9.17) is 4.74 Å². The predicted octanol–water partition coefficient (Wildman–Crippen LogP) is 5.19. The second-order valence-electron chi connectivity index (χ2n) is 5.90. The van der Waals surface area contributed by atoms with Gasteiger partial charge in [0, 0.05) is 17.1 Å². The molecule has 4 nitrogen and oxygen atoms in total. The summed E-state index contributed by atoms with van der Waals surface area (Å²) in [7, 11) is 0. The molecular weight excluding hydrogens is 366 g/mol. The Bertz CT molecular complexity index is 741. The number of amides is 1. The van der Waals surface area contributed by atoms with Crippen LogP contribution in [0.25, 0.3) is 0 Å². The molecule has 0 aliphatic rings. The molecular formula is C20H25NO3S2. The van der Waals surface area contributed by atoms with Gasteiger partial charge in [0.2, 0.25) is 5.91 Å². The molecule has 26 heavy (non-hydrogen) atoms. The van der Waals surface area contributed by atoms with E-state index in [0.29, 0.717) is 23.6 Å². The van der Waals surface area contributed by atoms with Crippen LogP contribution in [0.2, 0.25) is 0 Å². The number of carbonyl (C=O) groups excluding carboxylic acids is 2. The number of thiophene rings is 1. The van der Waals surface area contributed by atoms with E-state index >= 15 is 0 Å². The molecule has 1 N–H and O–H groups in total. The number of hydrogen-bond donors (Lipinski definition) is 1. The maximum Gasteiger partial charge on any atom is 0.341 e. The third-order valence-electron chi connectivity index (χ3n) is 3.92. The molecule has 0 saturated heterocycles. The largest absolute Gasteiger partial charge is 0.462 e. The van der Waals surface area contributed by atoms with E-state index in [-0.39, 0.29) is 11.9 Å². The van der Waals surface area contributed by atoms with Crippen LogP contribution in [0, 0.1) is 13.8 Å². The summed E-state index contributed by atoms with van der Waals surface area (Å²) < 4.78 is 5.11. The van der Waals surface area contributed by atoms with Crippen molar-refractivity contribution in [3.05, 3.63) is 51.9 Å². The molecule has 1 aromatic heterocycles. The van der Waals surface area contributed by atoms with E-state index in [1.54, 1.807) is 6.92 Å². The molecule has 1 heterocycles. The smallest absolute Gasteiger partial charge is 0.341 e. The van der Waals surface area contributed by atoms with Crippen LogP contribution in [0.15, 0.2) is 30.3 Å². The molecule has 0 saturated carbocycles. The van der Waals surface area contributed by atoms with Gasteiger partial charge in [-0.15, -0.1) is 11.3 Å². The first kappa shape index (κ1) is 20.5. The summed E-state index contributed by atoms with van der Waals surface area (Å²) in [6.45, 7) is 5.92. The van der Waals surface area contributed by atoms with Gasteiger partial charge < -0.3 is 10.1 Å². The van der Waals surface area contributed by atoms with Crippen LogP contribution in [0.4, 0.5) is 5.00 Å². The highest BCUT2D eigenvalue weighted by atomic mass is 32.2. The van der Waals surface area contributed by atoms with Crippen molar-refractivity contribution in [2.75, 3.05) is 17.7 Å². The van der Waals surface area contributed by atoms with Crippen molar-refractivity contribution in [2.45, 2.75) is 39.4 Å². The Morgan fingerprint density at radius 1 is 1.19 bits per heavy atom. The fourth-order valence-electron chi connectivity index (χ4n) is 2.45. The molecule has 0 aliphatic heterocycles. The van der Waals surface area contributed by atoms with Crippen LogP contribution >= 0.6 is 23.1 Å². The van der Waals surface area contributed by atoms with Crippen molar-refractivity contribution in [1.82, 2.24) is 0 Å². The summed E-state index contributed by atoms with van der Waals surface area (Å²) in [5.74, 6) is 1.45. The minimum atomic E-state index is -0.372. The van der Waals surface area contributed by atoms with Crippen molar-refractivity contribution in [3.8, 4) is 0 Å². The van der Waals surface area contributed by atoms with Crippen molar-refractivity contribution in [2.24, 2.45) is 0 Å². The number of thioether (sulfide) groups is 1. The molecule has 6 heteroatoms. The maximum absolute atomic E-state index is 12.2. The Morgan fingerprint density at radius 3 is 2.62 bits per heavy atom. The molecule has 0 unspecified atom stereocenters. The second-order valence-corrected chi connectivity index (χ2v) is 8.23. The average molecular weight is 392 g/mol. The van der Waals surface area contributed by atoms with Crippen molar-refractivity contribution in [1.29, 1.82) is 0 Å². The fraction of sp³-hybridized carbons (Fsp3) is 0.400. The van der Waals surface area contributed by atoms with Gasteiger partial charge in [0.25, 0.3) is 0 Å². The first-order valence-corrected chi connectivity index (χ1v) is 10.7. The number of carbonyl (C=O) groups is 2. The lowest BCUT2D eigenvalue weighted by molar-refractivity contribution is -0.116.